The van der Waals surface area contributed by atoms with Crippen molar-refractivity contribution < 1.29 is 4.74 Å². The number of hydrogen-bond acceptors (Lipinski definition) is 8. The highest BCUT2D eigenvalue weighted by atomic mass is 16.5. The van der Waals surface area contributed by atoms with Gasteiger partial charge in [0.1, 0.15) is 17.3 Å². The van der Waals surface area contributed by atoms with E-state index in [1.54, 1.807) is 7.11 Å². The van der Waals surface area contributed by atoms with Gasteiger partial charge in [-0.05, 0) is 55.9 Å². The zero-order valence-corrected chi connectivity index (χ0v) is 28.4. The van der Waals surface area contributed by atoms with E-state index < -0.39 is 0 Å². The highest BCUT2D eigenvalue weighted by Crippen LogP contribution is 2.24. The van der Waals surface area contributed by atoms with Crippen molar-refractivity contribution in [1.29, 1.82) is 0 Å². The highest BCUT2D eigenvalue weighted by Gasteiger charge is 2.16. The largest absolute Gasteiger partial charge is 0.496 e. The molecule has 0 spiro atoms. The Kier molecular flexibility index (Phi) is 14.3. The van der Waals surface area contributed by atoms with E-state index in [0.717, 1.165) is 91.7 Å². The Balaban J connectivity index is 0.00000133. The van der Waals surface area contributed by atoms with Gasteiger partial charge >= 0.3 is 0 Å². The predicted molar refractivity (Wildman–Crippen MR) is 186 cm³/mol. The number of aromatic amines is 2. The Bertz CT molecular complexity index is 1510. The van der Waals surface area contributed by atoms with Crippen LogP contribution in [0.2, 0.25) is 0 Å². The molecule has 10 heteroatoms. The summed E-state index contributed by atoms with van der Waals surface area (Å²) in [5.41, 5.74) is 5.19. The average molecular weight is 614 g/mol. The Morgan fingerprint density at radius 2 is 1.71 bits per heavy atom. The number of nitrogens with zero attached hydrogens (tertiary/aromatic N) is 6. The van der Waals surface area contributed by atoms with Crippen LogP contribution in [0.3, 0.4) is 0 Å². The van der Waals surface area contributed by atoms with Crippen molar-refractivity contribution in [2.45, 2.75) is 87.0 Å². The average Bonchev–Trinajstić information content (AvgIpc) is 3.64. The fourth-order valence-electron chi connectivity index (χ4n) is 4.92. The number of H-pyrrole nitrogens is 2. The van der Waals surface area contributed by atoms with Crippen LogP contribution in [0.4, 0.5) is 17.7 Å². The van der Waals surface area contributed by atoms with Gasteiger partial charge in [-0.15, -0.1) is 0 Å². The summed E-state index contributed by atoms with van der Waals surface area (Å²) in [6, 6.07) is 8.30. The molecular formula is C35H51N9O. The topological polar surface area (TPSA) is 121 Å². The van der Waals surface area contributed by atoms with Crippen molar-refractivity contribution in [3.63, 3.8) is 0 Å². The Morgan fingerprint density at radius 3 is 2.44 bits per heavy atom. The first kappa shape index (κ1) is 35.0. The second-order valence-corrected chi connectivity index (χ2v) is 10.3. The minimum Gasteiger partial charge on any atom is -0.496 e. The van der Waals surface area contributed by atoms with E-state index in [1.165, 1.54) is 5.56 Å². The molecule has 5 rings (SSSR count). The molecule has 0 saturated carbocycles. The third-order valence-electron chi connectivity index (χ3n) is 6.98. The van der Waals surface area contributed by atoms with Gasteiger partial charge in [0, 0.05) is 37.7 Å². The van der Waals surface area contributed by atoms with Gasteiger partial charge in [-0.2, -0.15) is 20.1 Å². The first-order valence-electron chi connectivity index (χ1n) is 16.4. The molecule has 3 heterocycles. The maximum absolute atomic E-state index is 5.50. The molecule has 45 heavy (non-hydrogen) atoms. The lowest BCUT2D eigenvalue weighted by Gasteiger charge is -2.22. The fraction of sp³-hybridized carbons (Fsp3) is 0.457. The summed E-state index contributed by atoms with van der Waals surface area (Å²) in [7, 11) is 1.71. The molecule has 10 nitrogen and oxygen atoms in total. The van der Waals surface area contributed by atoms with E-state index in [1.807, 2.05) is 52.0 Å². The number of methoxy groups -OCH3 is 1. The van der Waals surface area contributed by atoms with Crippen LogP contribution in [0.25, 0.3) is 17.6 Å². The Labute approximate surface area is 268 Å². The van der Waals surface area contributed by atoms with Crippen LogP contribution in [-0.4, -0.2) is 55.3 Å². The first-order chi connectivity index (χ1) is 22.1. The summed E-state index contributed by atoms with van der Waals surface area (Å²) in [6.45, 7) is 16.2. The SMILES string of the molecule is CC.CC.CCCN(CCC)c1nc(CCCc2ccc(C)c(OC)c2)nc(Nc2cc(-c3nc4c([nH]3)CC=CC=C4)[nH]n2)n1. The number of hydrogen-bond donors (Lipinski definition) is 3. The zero-order valence-electron chi connectivity index (χ0n) is 28.4. The molecule has 0 fully saturated rings. The zero-order chi connectivity index (χ0) is 32.6. The molecule has 1 aliphatic carbocycles. The van der Waals surface area contributed by atoms with Crippen LogP contribution >= 0.6 is 0 Å². The monoisotopic (exact) mass is 613 g/mol. The lowest BCUT2D eigenvalue weighted by molar-refractivity contribution is 0.411. The molecule has 0 radical (unpaired) electrons. The minimum atomic E-state index is 0.487. The van der Waals surface area contributed by atoms with Gasteiger partial charge < -0.3 is 19.9 Å². The molecule has 3 aromatic heterocycles. The summed E-state index contributed by atoms with van der Waals surface area (Å²) < 4.78 is 5.50. The second-order valence-electron chi connectivity index (χ2n) is 10.3. The van der Waals surface area contributed by atoms with Crippen molar-refractivity contribution in [3.05, 3.63) is 70.8 Å². The summed E-state index contributed by atoms with van der Waals surface area (Å²) in [5, 5.41) is 10.8. The number of fused-ring (bicyclic) bond motifs is 1. The van der Waals surface area contributed by atoms with Crippen LogP contribution in [0.15, 0.2) is 42.5 Å². The number of aromatic nitrogens is 7. The van der Waals surface area contributed by atoms with Crippen LogP contribution < -0.4 is 15.0 Å². The molecular weight excluding hydrogens is 562 g/mol. The molecule has 0 atom stereocenters. The number of nitrogens with one attached hydrogen (secondary N) is 3. The summed E-state index contributed by atoms with van der Waals surface area (Å²) in [5.74, 6) is 4.23. The number of anilines is 3. The molecule has 0 aliphatic heterocycles. The highest BCUT2D eigenvalue weighted by molar-refractivity contribution is 5.63. The number of ether oxygens (including phenoxy) is 1. The summed E-state index contributed by atoms with van der Waals surface area (Å²) >= 11 is 0. The summed E-state index contributed by atoms with van der Waals surface area (Å²) in [6.07, 6.45) is 13.6. The summed E-state index contributed by atoms with van der Waals surface area (Å²) in [4.78, 5) is 24.8. The standard InChI is InChI=1S/C31H39N9O.2C2H6/c1-5-17-40(18-6-2)31-36-27(14-10-11-22-16-15-21(3)26(19-22)41-4)34-30(37-31)35-28-20-25(38-39-28)29-32-23-12-8-7-9-13-24(23)33-29;2*1-2/h7-9,12,15-16,19-20H,5-6,10-11,13-14,17-18H2,1-4H3,(H,32,33)(H2,34,35,36,37,38,39);2*1-2H3. The van der Waals surface area contributed by atoms with Gasteiger partial charge in [0.2, 0.25) is 11.9 Å². The van der Waals surface area contributed by atoms with Gasteiger partial charge in [-0.1, -0.05) is 71.9 Å². The quantitative estimate of drug-likeness (QED) is 0.139. The second kappa shape index (κ2) is 18.4. The smallest absolute Gasteiger partial charge is 0.233 e. The molecule has 242 valence electrons. The number of allylic oxidation sites excluding steroid dienone is 3. The van der Waals surface area contributed by atoms with Crippen LogP contribution in [0, 0.1) is 6.92 Å². The third kappa shape index (κ3) is 9.76. The van der Waals surface area contributed by atoms with Gasteiger partial charge in [0.25, 0.3) is 0 Å². The van der Waals surface area contributed by atoms with Crippen molar-refractivity contribution in [2.24, 2.45) is 0 Å². The van der Waals surface area contributed by atoms with E-state index in [9.17, 15) is 0 Å². The van der Waals surface area contributed by atoms with E-state index in [-0.39, 0.29) is 0 Å². The van der Waals surface area contributed by atoms with Crippen LogP contribution in [0.5, 0.6) is 5.75 Å². The fourth-order valence-corrected chi connectivity index (χ4v) is 4.92. The predicted octanol–water partition coefficient (Wildman–Crippen LogP) is 8.03. The molecule has 0 unspecified atom stereocenters. The maximum atomic E-state index is 5.50. The molecule has 0 saturated heterocycles. The molecule has 0 amide bonds. The van der Waals surface area contributed by atoms with E-state index in [4.69, 9.17) is 24.7 Å². The third-order valence-corrected chi connectivity index (χ3v) is 6.98. The normalized spacial score (nSPS) is 11.5. The molecule has 4 aromatic rings. The van der Waals surface area contributed by atoms with E-state index >= 15 is 0 Å². The number of benzene rings is 1. The number of imidazole rings is 1. The number of rotatable bonds is 13. The maximum Gasteiger partial charge on any atom is 0.233 e. The van der Waals surface area contributed by atoms with Gasteiger partial charge in [0.15, 0.2) is 11.6 Å². The van der Waals surface area contributed by atoms with Crippen LogP contribution in [-0.2, 0) is 19.3 Å². The van der Waals surface area contributed by atoms with Gasteiger partial charge in [-0.25, -0.2) is 4.98 Å². The van der Waals surface area contributed by atoms with Crippen molar-refractivity contribution in [3.8, 4) is 17.3 Å². The lowest BCUT2D eigenvalue weighted by Crippen LogP contribution is -2.28. The van der Waals surface area contributed by atoms with Gasteiger partial charge in [0.05, 0.1) is 12.8 Å². The Morgan fingerprint density at radius 1 is 0.933 bits per heavy atom. The van der Waals surface area contributed by atoms with E-state index in [2.05, 4.69) is 70.4 Å². The molecule has 1 aromatic carbocycles. The van der Waals surface area contributed by atoms with Crippen molar-refractivity contribution in [2.75, 3.05) is 30.4 Å². The van der Waals surface area contributed by atoms with Crippen LogP contribution in [0.1, 0.15) is 89.1 Å². The molecule has 3 N–H and O–H groups in total. The number of aryl methyl sites for hydroxylation is 3. The Hall–Kier alpha value is -4.47. The molecule has 1 aliphatic rings. The van der Waals surface area contributed by atoms with Crippen molar-refractivity contribution >= 4 is 23.8 Å². The lowest BCUT2D eigenvalue weighted by atomic mass is 10.1. The van der Waals surface area contributed by atoms with E-state index in [0.29, 0.717) is 17.7 Å². The first-order valence-corrected chi connectivity index (χ1v) is 16.4. The van der Waals surface area contributed by atoms with Gasteiger partial charge in [-0.3, -0.25) is 5.10 Å². The molecule has 0 bridgehead atoms. The van der Waals surface area contributed by atoms with Crippen molar-refractivity contribution in [1.82, 2.24) is 35.1 Å². The minimum absolute atomic E-state index is 0.487.